The van der Waals surface area contributed by atoms with Gasteiger partial charge in [-0.1, -0.05) is 73.7 Å². The quantitative estimate of drug-likeness (QED) is 0.501. The summed E-state index contributed by atoms with van der Waals surface area (Å²) in [5, 5.41) is 0.862. The van der Waals surface area contributed by atoms with Crippen LogP contribution in [0.2, 0.25) is 10.2 Å². The molecule has 0 amide bonds. The van der Waals surface area contributed by atoms with E-state index in [4.69, 9.17) is 23.2 Å². The molecule has 2 aromatic rings. The van der Waals surface area contributed by atoms with Crippen molar-refractivity contribution in [2.45, 2.75) is 57.8 Å². The summed E-state index contributed by atoms with van der Waals surface area (Å²) in [5.41, 5.74) is 3.63. The maximum Gasteiger partial charge on any atom is 0.147 e. The van der Waals surface area contributed by atoms with Crippen LogP contribution in [0.4, 0.5) is 0 Å². The predicted molar refractivity (Wildman–Crippen MR) is 104 cm³/mol. The topological polar surface area (TPSA) is 12.9 Å². The van der Waals surface area contributed by atoms with E-state index in [0.717, 1.165) is 23.0 Å². The van der Waals surface area contributed by atoms with E-state index in [-0.39, 0.29) is 0 Å². The third-order valence-corrected chi connectivity index (χ3v) is 6.01. The van der Waals surface area contributed by atoms with Crippen LogP contribution < -0.4 is 0 Å². The second-order valence-electron chi connectivity index (χ2n) is 6.98. The standard InChI is InChI=1S/C21H25Cl2N/c1-2-3-4-15-5-7-16(8-6-15)17-9-11-18(12-10-17)19-13-20(22)21(23)24-14-19/h9-16H,2-8H2,1H3/t15-,16-. The predicted octanol–water partition coefficient (Wildman–Crippen LogP) is 7.52. The van der Waals surface area contributed by atoms with E-state index in [2.05, 4.69) is 36.2 Å². The van der Waals surface area contributed by atoms with Gasteiger partial charge in [-0.3, -0.25) is 0 Å². The zero-order chi connectivity index (χ0) is 16.9. The van der Waals surface area contributed by atoms with Crippen LogP contribution in [-0.4, -0.2) is 4.98 Å². The number of unbranched alkanes of at least 4 members (excludes halogenated alkanes) is 1. The summed E-state index contributed by atoms with van der Waals surface area (Å²) < 4.78 is 0. The van der Waals surface area contributed by atoms with Crippen molar-refractivity contribution in [2.24, 2.45) is 5.92 Å². The van der Waals surface area contributed by atoms with E-state index in [1.54, 1.807) is 6.20 Å². The molecule has 0 atom stereocenters. The maximum absolute atomic E-state index is 6.07. The van der Waals surface area contributed by atoms with Crippen LogP contribution in [0.3, 0.4) is 0 Å². The van der Waals surface area contributed by atoms with Crippen LogP contribution in [0.15, 0.2) is 36.5 Å². The highest BCUT2D eigenvalue weighted by molar-refractivity contribution is 6.41. The molecule has 1 aromatic carbocycles. The Labute approximate surface area is 155 Å². The van der Waals surface area contributed by atoms with Gasteiger partial charge in [-0.05, 0) is 54.7 Å². The average Bonchev–Trinajstić information content (AvgIpc) is 2.63. The lowest BCUT2D eigenvalue weighted by atomic mass is 9.77. The van der Waals surface area contributed by atoms with E-state index < -0.39 is 0 Å². The third kappa shape index (κ3) is 4.32. The summed E-state index contributed by atoms with van der Waals surface area (Å²) in [7, 11) is 0. The van der Waals surface area contributed by atoms with Gasteiger partial charge in [-0.25, -0.2) is 4.98 Å². The number of nitrogens with zero attached hydrogens (tertiary/aromatic N) is 1. The van der Waals surface area contributed by atoms with Crippen molar-refractivity contribution in [3.05, 3.63) is 52.3 Å². The SMILES string of the molecule is CCCC[C@H]1CC[C@H](c2ccc(-c3cnc(Cl)c(Cl)c3)cc2)CC1. The minimum atomic E-state index is 0.358. The van der Waals surface area contributed by atoms with Gasteiger partial charge in [0.25, 0.3) is 0 Å². The number of pyridine rings is 1. The number of aromatic nitrogens is 1. The molecule has 0 saturated heterocycles. The minimum Gasteiger partial charge on any atom is -0.242 e. The Kier molecular flexibility index (Phi) is 6.19. The fraction of sp³-hybridized carbons (Fsp3) is 0.476. The summed E-state index contributed by atoms with van der Waals surface area (Å²) in [6.07, 6.45) is 11.4. The Balaban J connectivity index is 1.64. The molecule has 0 unspecified atom stereocenters. The number of hydrogen-bond acceptors (Lipinski definition) is 1. The summed E-state index contributed by atoms with van der Waals surface area (Å²) >= 11 is 12.0. The van der Waals surface area contributed by atoms with Crippen molar-refractivity contribution < 1.29 is 0 Å². The van der Waals surface area contributed by atoms with Crippen molar-refractivity contribution in [1.29, 1.82) is 0 Å². The molecule has 1 aromatic heterocycles. The van der Waals surface area contributed by atoms with Crippen LogP contribution >= 0.6 is 23.2 Å². The van der Waals surface area contributed by atoms with Gasteiger partial charge in [0, 0.05) is 11.8 Å². The normalized spacial score (nSPS) is 21.0. The molecule has 0 aliphatic heterocycles. The molecule has 0 spiro atoms. The number of rotatable bonds is 5. The van der Waals surface area contributed by atoms with E-state index in [9.17, 15) is 0 Å². The molecule has 1 aliphatic rings. The highest BCUT2D eigenvalue weighted by Gasteiger charge is 2.21. The lowest BCUT2D eigenvalue weighted by Gasteiger charge is -2.29. The molecule has 1 aliphatic carbocycles. The lowest BCUT2D eigenvalue weighted by Crippen LogP contribution is -2.13. The van der Waals surface area contributed by atoms with Crippen LogP contribution in [0.25, 0.3) is 11.1 Å². The molecule has 24 heavy (non-hydrogen) atoms. The molecule has 1 fully saturated rings. The smallest absolute Gasteiger partial charge is 0.147 e. The van der Waals surface area contributed by atoms with Crippen LogP contribution in [0.5, 0.6) is 0 Å². The third-order valence-electron chi connectivity index (χ3n) is 5.32. The molecular formula is C21H25Cl2N. The highest BCUT2D eigenvalue weighted by Crippen LogP contribution is 2.38. The Morgan fingerprint density at radius 1 is 1.00 bits per heavy atom. The van der Waals surface area contributed by atoms with Crippen LogP contribution in [0, 0.1) is 5.92 Å². The molecule has 3 heteroatoms. The molecule has 0 bridgehead atoms. The number of hydrogen-bond donors (Lipinski definition) is 0. The van der Waals surface area contributed by atoms with E-state index >= 15 is 0 Å². The Bertz CT molecular complexity index is 658. The van der Waals surface area contributed by atoms with E-state index in [0.29, 0.717) is 10.2 Å². The lowest BCUT2D eigenvalue weighted by molar-refractivity contribution is 0.304. The minimum absolute atomic E-state index is 0.358. The molecule has 0 radical (unpaired) electrons. The molecule has 1 heterocycles. The Hall–Kier alpha value is -1.05. The largest absolute Gasteiger partial charge is 0.242 e. The zero-order valence-electron chi connectivity index (χ0n) is 14.3. The Morgan fingerprint density at radius 2 is 1.71 bits per heavy atom. The van der Waals surface area contributed by atoms with Gasteiger partial charge in [0.05, 0.1) is 5.02 Å². The second kappa shape index (κ2) is 8.36. The average molecular weight is 362 g/mol. The summed E-state index contributed by atoms with van der Waals surface area (Å²) in [6, 6.07) is 10.8. The van der Waals surface area contributed by atoms with Gasteiger partial charge in [0.1, 0.15) is 5.15 Å². The van der Waals surface area contributed by atoms with Crippen molar-refractivity contribution in [3.63, 3.8) is 0 Å². The first-order chi connectivity index (χ1) is 11.7. The molecule has 3 rings (SSSR count). The fourth-order valence-electron chi connectivity index (χ4n) is 3.80. The summed E-state index contributed by atoms with van der Waals surface area (Å²) in [6.45, 7) is 2.29. The first-order valence-electron chi connectivity index (χ1n) is 9.08. The Morgan fingerprint density at radius 3 is 2.33 bits per heavy atom. The molecule has 1 nitrogen and oxygen atoms in total. The van der Waals surface area contributed by atoms with E-state index in [1.807, 2.05) is 6.07 Å². The maximum atomic E-state index is 6.07. The first kappa shape index (κ1) is 17.8. The van der Waals surface area contributed by atoms with Gasteiger partial charge >= 0.3 is 0 Å². The fourth-order valence-corrected chi connectivity index (χ4v) is 4.07. The van der Waals surface area contributed by atoms with E-state index in [1.165, 1.54) is 50.5 Å². The van der Waals surface area contributed by atoms with Gasteiger partial charge in [0.2, 0.25) is 0 Å². The summed E-state index contributed by atoms with van der Waals surface area (Å²) in [5.74, 6) is 1.69. The van der Waals surface area contributed by atoms with Crippen LogP contribution in [0.1, 0.15) is 63.4 Å². The second-order valence-corrected chi connectivity index (χ2v) is 7.74. The van der Waals surface area contributed by atoms with Crippen molar-refractivity contribution in [3.8, 4) is 11.1 Å². The first-order valence-corrected chi connectivity index (χ1v) is 9.84. The van der Waals surface area contributed by atoms with Gasteiger partial charge in [0.15, 0.2) is 0 Å². The number of benzene rings is 1. The van der Waals surface area contributed by atoms with Gasteiger partial charge < -0.3 is 0 Å². The summed E-state index contributed by atoms with van der Waals surface area (Å²) in [4.78, 5) is 4.13. The monoisotopic (exact) mass is 361 g/mol. The van der Waals surface area contributed by atoms with Crippen molar-refractivity contribution in [1.82, 2.24) is 4.98 Å². The van der Waals surface area contributed by atoms with Crippen LogP contribution in [-0.2, 0) is 0 Å². The van der Waals surface area contributed by atoms with Crippen molar-refractivity contribution in [2.75, 3.05) is 0 Å². The zero-order valence-corrected chi connectivity index (χ0v) is 15.8. The molecule has 0 N–H and O–H groups in total. The van der Waals surface area contributed by atoms with Gasteiger partial charge in [-0.15, -0.1) is 0 Å². The number of halogens is 2. The molecule has 128 valence electrons. The molecule has 1 saturated carbocycles. The highest BCUT2D eigenvalue weighted by atomic mass is 35.5. The molecular weight excluding hydrogens is 337 g/mol. The van der Waals surface area contributed by atoms with Crippen molar-refractivity contribution >= 4 is 23.2 Å². The van der Waals surface area contributed by atoms with Gasteiger partial charge in [-0.2, -0.15) is 0 Å².